The Morgan fingerprint density at radius 1 is 1.38 bits per heavy atom. The number of hydrogen-bond donors (Lipinski definition) is 1. The highest BCUT2D eigenvalue weighted by molar-refractivity contribution is 4.80. The number of hydrogen-bond acceptors (Lipinski definition) is 3. The molecule has 1 aliphatic rings. The average Bonchev–Trinajstić information content (AvgIpc) is 2.83. The third kappa shape index (κ3) is 3.04. The second kappa shape index (κ2) is 5.99. The van der Waals surface area contributed by atoms with E-state index in [1.165, 1.54) is 32.1 Å². The van der Waals surface area contributed by atoms with E-state index in [4.69, 9.17) is 0 Å². The maximum absolute atomic E-state index is 3.96. The lowest BCUT2D eigenvalue weighted by molar-refractivity contribution is 0.253. The zero-order valence-corrected chi connectivity index (χ0v) is 10.1. The Labute approximate surface area is 97.4 Å². The first-order valence-corrected chi connectivity index (χ1v) is 6.47. The minimum Gasteiger partial charge on any atom is -0.312 e. The number of nitrogens with one attached hydrogen (secondary N) is 1. The van der Waals surface area contributed by atoms with Gasteiger partial charge in [0.05, 0.1) is 12.7 Å². The Hall–Kier alpha value is -0.900. The third-order valence-electron chi connectivity index (χ3n) is 3.65. The van der Waals surface area contributed by atoms with Gasteiger partial charge in [0.25, 0.3) is 0 Å². The Bertz CT molecular complexity index is 283. The molecule has 0 saturated heterocycles. The van der Waals surface area contributed by atoms with Crippen LogP contribution in [0.1, 0.15) is 39.0 Å². The van der Waals surface area contributed by atoms with Crippen molar-refractivity contribution in [3.8, 4) is 0 Å². The van der Waals surface area contributed by atoms with Gasteiger partial charge in [-0.3, -0.25) is 4.68 Å². The Kier molecular flexibility index (Phi) is 4.34. The summed E-state index contributed by atoms with van der Waals surface area (Å²) in [6.07, 6.45) is 10.5. The summed E-state index contributed by atoms with van der Waals surface area (Å²) in [6.45, 7) is 4.24. The molecule has 0 spiro atoms. The van der Waals surface area contributed by atoms with Crippen molar-refractivity contribution < 1.29 is 0 Å². The fourth-order valence-electron chi connectivity index (χ4n) is 2.68. The molecular weight excluding hydrogens is 200 g/mol. The second-order valence-corrected chi connectivity index (χ2v) is 4.68. The van der Waals surface area contributed by atoms with Gasteiger partial charge < -0.3 is 5.32 Å². The highest BCUT2D eigenvalue weighted by Gasteiger charge is 2.22. The van der Waals surface area contributed by atoms with Crippen LogP contribution in [0.3, 0.4) is 0 Å². The SMILES string of the molecule is CCC1CCCCC1NCCn1ccnn1. The smallest absolute Gasteiger partial charge is 0.0692 e. The van der Waals surface area contributed by atoms with Gasteiger partial charge in [0.2, 0.25) is 0 Å². The van der Waals surface area contributed by atoms with Crippen LogP contribution in [0.4, 0.5) is 0 Å². The molecule has 2 atom stereocenters. The Balaban J connectivity index is 1.71. The van der Waals surface area contributed by atoms with Crippen molar-refractivity contribution in [3.63, 3.8) is 0 Å². The van der Waals surface area contributed by atoms with Crippen LogP contribution in [-0.4, -0.2) is 27.6 Å². The van der Waals surface area contributed by atoms with Crippen LogP contribution in [0, 0.1) is 5.92 Å². The largest absolute Gasteiger partial charge is 0.312 e. The van der Waals surface area contributed by atoms with Gasteiger partial charge in [0.1, 0.15) is 0 Å². The van der Waals surface area contributed by atoms with Gasteiger partial charge in [0, 0.05) is 18.8 Å². The van der Waals surface area contributed by atoms with Crippen molar-refractivity contribution in [3.05, 3.63) is 12.4 Å². The van der Waals surface area contributed by atoms with Gasteiger partial charge in [0.15, 0.2) is 0 Å². The van der Waals surface area contributed by atoms with Crippen LogP contribution in [0.15, 0.2) is 12.4 Å². The van der Waals surface area contributed by atoms with E-state index in [-0.39, 0.29) is 0 Å². The summed E-state index contributed by atoms with van der Waals surface area (Å²) in [7, 11) is 0. The molecule has 0 amide bonds. The average molecular weight is 222 g/mol. The molecule has 1 saturated carbocycles. The fourth-order valence-corrected chi connectivity index (χ4v) is 2.68. The van der Waals surface area contributed by atoms with E-state index in [9.17, 15) is 0 Å². The summed E-state index contributed by atoms with van der Waals surface area (Å²) < 4.78 is 1.89. The molecule has 1 aromatic heterocycles. The monoisotopic (exact) mass is 222 g/mol. The number of nitrogens with zero attached hydrogens (tertiary/aromatic N) is 3. The molecule has 0 radical (unpaired) electrons. The molecule has 1 heterocycles. The van der Waals surface area contributed by atoms with E-state index < -0.39 is 0 Å². The van der Waals surface area contributed by atoms with Gasteiger partial charge in [-0.1, -0.05) is 31.4 Å². The van der Waals surface area contributed by atoms with Crippen molar-refractivity contribution >= 4 is 0 Å². The summed E-state index contributed by atoms with van der Waals surface area (Å²) >= 11 is 0. The highest BCUT2D eigenvalue weighted by Crippen LogP contribution is 2.26. The number of aromatic nitrogens is 3. The van der Waals surface area contributed by atoms with E-state index in [1.807, 2.05) is 10.9 Å². The van der Waals surface area contributed by atoms with Crippen LogP contribution < -0.4 is 5.32 Å². The summed E-state index contributed by atoms with van der Waals surface area (Å²) in [5.74, 6) is 0.879. The molecule has 4 heteroatoms. The molecule has 4 nitrogen and oxygen atoms in total. The lowest BCUT2D eigenvalue weighted by Gasteiger charge is -2.31. The van der Waals surface area contributed by atoms with E-state index >= 15 is 0 Å². The van der Waals surface area contributed by atoms with Crippen molar-refractivity contribution in [1.29, 1.82) is 0 Å². The van der Waals surface area contributed by atoms with E-state index in [2.05, 4.69) is 22.6 Å². The normalized spacial score (nSPS) is 25.8. The van der Waals surface area contributed by atoms with Gasteiger partial charge in [-0.15, -0.1) is 5.10 Å². The molecule has 16 heavy (non-hydrogen) atoms. The molecule has 1 fully saturated rings. The maximum atomic E-state index is 3.96. The predicted octanol–water partition coefficient (Wildman–Crippen LogP) is 1.84. The summed E-state index contributed by atoms with van der Waals surface area (Å²) in [6, 6.07) is 0.724. The third-order valence-corrected chi connectivity index (χ3v) is 3.65. The zero-order valence-electron chi connectivity index (χ0n) is 10.1. The molecule has 0 aliphatic heterocycles. The van der Waals surface area contributed by atoms with Crippen LogP contribution in [0.25, 0.3) is 0 Å². The van der Waals surface area contributed by atoms with Crippen LogP contribution >= 0.6 is 0 Å². The molecular formula is C12H22N4. The minimum absolute atomic E-state index is 0.724. The van der Waals surface area contributed by atoms with Crippen LogP contribution in [0.2, 0.25) is 0 Å². The molecule has 1 aliphatic carbocycles. The topological polar surface area (TPSA) is 42.7 Å². The molecule has 2 unspecified atom stereocenters. The number of rotatable bonds is 5. The maximum Gasteiger partial charge on any atom is 0.0692 e. The van der Waals surface area contributed by atoms with E-state index in [0.717, 1.165) is 25.0 Å². The molecule has 90 valence electrons. The molecule has 1 N–H and O–H groups in total. The Morgan fingerprint density at radius 2 is 2.25 bits per heavy atom. The van der Waals surface area contributed by atoms with Crippen LogP contribution in [0.5, 0.6) is 0 Å². The van der Waals surface area contributed by atoms with Crippen molar-refractivity contribution in [2.24, 2.45) is 5.92 Å². The highest BCUT2D eigenvalue weighted by atomic mass is 15.4. The summed E-state index contributed by atoms with van der Waals surface area (Å²) in [5, 5.41) is 11.4. The lowest BCUT2D eigenvalue weighted by atomic mass is 9.83. The first-order chi connectivity index (χ1) is 7.90. The van der Waals surface area contributed by atoms with E-state index in [1.54, 1.807) is 6.20 Å². The first kappa shape index (κ1) is 11.6. The van der Waals surface area contributed by atoms with Gasteiger partial charge in [-0.2, -0.15) is 0 Å². The Morgan fingerprint density at radius 3 is 3.00 bits per heavy atom. The second-order valence-electron chi connectivity index (χ2n) is 4.68. The van der Waals surface area contributed by atoms with Gasteiger partial charge in [-0.25, -0.2) is 0 Å². The van der Waals surface area contributed by atoms with Crippen molar-refractivity contribution in [2.45, 2.75) is 51.6 Å². The zero-order chi connectivity index (χ0) is 11.2. The standard InChI is InChI=1S/C12H22N4/c1-2-11-5-3-4-6-12(11)13-7-9-16-10-8-14-15-16/h8,10-13H,2-7,9H2,1H3. The summed E-state index contributed by atoms with van der Waals surface area (Å²) in [5.41, 5.74) is 0. The summed E-state index contributed by atoms with van der Waals surface area (Å²) in [4.78, 5) is 0. The van der Waals surface area contributed by atoms with Gasteiger partial charge >= 0.3 is 0 Å². The molecule has 1 aromatic rings. The van der Waals surface area contributed by atoms with Gasteiger partial charge in [-0.05, 0) is 18.8 Å². The van der Waals surface area contributed by atoms with Crippen molar-refractivity contribution in [2.75, 3.05) is 6.54 Å². The van der Waals surface area contributed by atoms with Crippen LogP contribution in [-0.2, 0) is 6.54 Å². The van der Waals surface area contributed by atoms with E-state index in [0.29, 0.717) is 0 Å². The van der Waals surface area contributed by atoms with Crippen molar-refractivity contribution in [1.82, 2.24) is 20.3 Å². The fraction of sp³-hybridized carbons (Fsp3) is 0.833. The quantitative estimate of drug-likeness (QED) is 0.826. The predicted molar refractivity (Wildman–Crippen MR) is 64.1 cm³/mol. The molecule has 0 bridgehead atoms. The first-order valence-electron chi connectivity index (χ1n) is 6.47. The minimum atomic E-state index is 0.724. The lowest BCUT2D eigenvalue weighted by Crippen LogP contribution is -2.39. The molecule has 2 rings (SSSR count). The molecule has 0 aromatic carbocycles.